The molecule has 3 aromatic rings. The summed E-state index contributed by atoms with van der Waals surface area (Å²) in [6.45, 7) is 3.33. The number of hydrogen-bond acceptors (Lipinski definition) is 6. The highest BCUT2D eigenvalue weighted by atomic mass is 16.7. The van der Waals surface area contributed by atoms with Gasteiger partial charge in [0.05, 0.1) is 18.8 Å². The van der Waals surface area contributed by atoms with Crippen LogP contribution in [0.3, 0.4) is 0 Å². The first kappa shape index (κ1) is 22.5. The van der Waals surface area contributed by atoms with Gasteiger partial charge in [0.15, 0.2) is 11.5 Å². The highest BCUT2D eigenvalue weighted by Gasteiger charge is 2.27. The summed E-state index contributed by atoms with van der Waals surface area (Å²) in [5, 5.41) is 13.6. The molecule has 0 saturated heterocycles. The number of benzene rings is 3. The van der Waals surface area contributed by atoms with Gasteiger partial charge in [-0.05, 0) is 59.0 Å². The number of aryl methyl sites for hydroxylation is 1. The average molecular weight is 460 g/mol. The van der Waals surface area contributed by atoms with Crippen LogP contribution in [0.5, 0.6) is 17.2 Å². The molecule has 0 amide bonds. The molecule has 2 aliphatic heterocycles. The molecule has 6 nitrogen and oxygen atoms in total. The van der Waals surface area contributed by atoms with Crippen molar-refractivity contribution in [2.45, 2.75) is 32.3 Å². The molecule has 0 fully saturated rings. The molecule has 0 radical (unpaired) electrons. The van der Waals surface area contributed by atoms with E-state index in [1.165, 1.54) is 0 Å². The van der Waals surface area contributed by atoms with Crippen molar-refractivity contribution in [2.24, 2.45) is 0 Å². The zero-order valence-electron chi connectivity index (χ0n) is 19.4. The molecule has 3 aromatic carbocycles. The largest absolute Gasteiger partial charge is 0.489 e. The molecule has 5 rings (SSSR count). The highest BCUT2D eigenvalue weighted by molar-refractivity contribution is 5.61. The lowest BCUT2D eigenvalue weighted by atomic mass is 9.89. The lowest BCUT2D eigenvalue weighted by Gasteiger charge is -2.32. The summed E-state index contributed by atoms with van der Waals surface area (Å²) in [6.07, 6.45) is 4.14. The Balaban J connectivity index is 1.44. The predicted molar refractivity (Wildman–Crippen MR) is 130 cm³/mol. The van der Waals surface area contributed by atoms with Crippen molar-refractivity contribution >= 4 is 6.08 Å². The van der Waals surface area contributed by atoms with Crippen molar-refractivity contribution < 1.29 is 24.1 Å². The van der Waals surface area contributed by atoms with E-state index in [0.717, 1.165) is 44.9 Å². The summed E-state index contributed by atoms with van der Waals surface area (Å²) in [6, 6.07) is 18.0. The zero-order chi connectivity index (χ0) is 23.5. The van der Waals surface area contributed by atoms with E-state index < -0.39 is 0 Å². The van der Waals surface area contributed by atoms with Crippen LogP contribution >= 0.6 is 0 Å². The van der Waals surface area contributed by atoms with Crippen molar-refractivity contribution in [1.82, 2.24) is 5.32 Å². The molecular weight excluding hydrogens is 430 g/mol. The fourth-order valence-corrected chi connectivity index (χ4v) is 4.48. The van der Waals surface area contributed by atoms with E-state index in [0.29, 0.717) is 18.9 Å². The Morgan fingerprint density at radius 3 is 2.62 bits per heavy atom. The smallest absolute Gasteiger partial charge is 0.231 e. The quantitative estimate of drug-likeness (QED) is 0.527. The molecule has 2 unspecified atom stereocenters. The number of fused-ring (bicyclic) bond motifs is 2. The second-order valence-electron chi connectivity index (χ2n) is 8.55. The first-order valence-electron chi connectivity index (χ1n) is 11.4. The molecular formula is C28H29NO5. The van der Waals surface area contributed by atoms with Crippen LogP contribution in [0.4, 0.5) is 0 Å². The first-order chi connectivity index (χ1) is 16.7. The van der Waals surface area contributed by atoms with Gasteiger partial charge < -0.3 is 29.4 Å². The van der Waals surface area contributed by atoms with Crippen molar-refractivity contribution in [3.63, 3.8) is 0 Å². The number of nitrogens with one attached hydrogen (secondary N) is 1. The molecule has 0 aromatic heterocycles. The van der Waals surface area contributed by atoms with Crippen LogP contribution in [0.25, 0.3) is 6.08 Å². The van der Waals surface area contributed by atoms with E-state index in [2.05, 4.69) is 24.4 Å². The van der Waals surface area contributed by atoms with Crippen LogP contribution in [0, 0.1) is 6.92 Å². The lowest BCUT2D eigenvalue weighted by molar-refractivity contribution is 0.0927. The van der Waals surface area contributed by atoms with Gasteiger partial charge >= 0.3 is 0 Å². The maximum absolute atomic E-state index is 10.1. The second-order valence-corrected chi connectivity index (χ2v) is 8.55. The van der Waals surface area contributed by atoms with Gasteiger partial charge in [0.2, 0.25) is 6.79 Å². The van der Waals surface area contributed by atoms with E-state index in [1.807, 2.05) is 54.6 Å². The zero-order valence-corrected chi connectivity index (χ0v) is 19.4. The Hall–Kier alpha value is -3.32. The topological polar surface area (TPSA) is 69.2 Å². The minimum Gasteiger partial charge on any atom is -0.489 e. The summed E-state index contributed by atoms with van der Waals surface area (Å²) in [4.78, 5) is 0. The Kier molecular flexibility index (Phi) is 6.54. The third kappa shape index (κ3) is 4.53. The molecule has 2 atom stereocenters. The van der Waals surface area contributed by atoms with Crippen LogP contribution in [0.2, 0.25) is 0 Å². The maximum Gasteiger partial charge on any atom is 0.231 e. The predicted octanol–water partition coefficient (Wildman–Crippen LogP) is 4.84. The van der Waals surface area contributed by atoms with Gasteiger partial charge in [-0.25, -0.2) is 0 Å². The fraction of sp³-hybridized carbons (Fsp3) is 0.286. The molecule has 2 aliphatic rings. The fourth-order valence-electron chi connectivity index (χ4n) is 4.48. The summed E-state index contributed by atoms with van der Waals surface area (Å²) in [7, 11) is 1.72. The van der Waals surface area contributed by atoms with Gasteiger partial charge in [-0.2, -0.15) is 0 Å². The number of ether oxygens (including phenoxy) is 4. The maximum atomic E-state index is 10.1. The van der Waals surface area contributed by atoms with Gasteiger partial charge in [0, 0.05) is 19.2 Å². The third-order valence-electron chi connectivity index (χ3n) is 6.39. The Morgan fingerprint density at radius 2 is 1.85 bits per heavy atom. The van der Waals surface area contributed by atoms with Crippen molar-refractivity contribution in [1.29, 1.82) is 0 Å². The van der Waals surface area contributed by atoms with Crippen LogP contribution in [0.15, 0.2) is 60.7 Å². The standard InChI is InChI=1S/C28H29NO5/c1-18-10-26-27(34-17-33-26)12-20(18)8-9-24-22-11-21(15-30)25(13-23(22)28(31-2)14-29-24)32-16-19-6-4-3-5-7-19/h3-13,24,28-30H,14-17H2,1-2H3/b9-8+. The van der Waals surface area contributed by atoms with Gasteiger partial charge in [-0.1, -0.05) is 42.5 Å². The van der Waals surface area contributed by atoms with Crippen LogP contribution in [0.1, 0.15) is 45.5 Å². The normalized spacial score (nSPS) is 18.8. The molecule has 0 spiro atoms. The van der Waals surface area contributed by atoms with E-state index in [1.54, 1.807) is 7.11 Å². The minimum atomic E-state index is -0.104. The molecule has 0 bridgehead atoms. The number of hydrogen-bond donors (Lipinski definition) is 2. The SMILES string of the molecule is COC1CNC(/C=C/c2cc3c(cc2C)OCO3)c2cc(CO)c(OCc3ccccc3)cc21. The number of methoxy groups -OCH3 is 1. The molecule has 6 heteroatoms. The monoisotopic (exact) mass is 459 g/mol. The lowest BCUT2D eigenvalue weighted by Crippen LogP contribution is -2.33. The summed E-state index contributed by atoms with van der Waals surface area (Å²) in [5.74, 6) is 2.24. The molecule has 176 valence electrons. The van der Waals surface area contributed by atoms with Crippen LogP contribution < -0.4 is 19.5 Å². The number of aliphatic hydroxyl groups is 1. The van der Waals surface area contributed by atoms with Crippen LogP contribution in [-0.2, 0) is 18.0 Å². The van der Waals surface area contributed by atoms with Crippen molar-refractivity contribution in [3.05, 3.63) is 94.1 Å². The Labute approximate surface area is 199 Å². The van der Waals surface area contributed by atoms with E-state index in [4.69, 9.17) is 18.9 Å². The molecule has 34 heavy (non-hydrogen) atoms. The Bertz CT molecular complexity index is 1190. The third-order valence-corrected chi connectivity index (χ3v) is 6.39. The second kappa shape index (κ2) is 9.89. The number of rotatable bonds is 7. The van der Waals surface area contributed by atoms with E-state index in [9.17, 15) is 5.11 Å². The van der Waals surface area contributed by atoms with Gasteiger partial charge in [0.25, 0.3) is 0 Å². The van der Waals surface area contributed by atoms with Crippen molar-refractivity contribution in [3.8, 4) is 17.2 Å². The van der Waals surface area contributed by atoms with Crippen LogP contribution in [-0.4, -0.2) is 25.6 Å². The van der Waals surface area contributed by atoms with Crippen molar-refractivity contribution in [2.75, 3.05) is 20.4 Å². The Morgan fingerprint density at radius 1 is 1.06 bits per heavy atom. The summed E-state index contributed by atoms with van der Waals surface area (Å²) >= 11 is 0. The first-order valence-corrected chi connectivity index (χ1v) is 11.4. The minimum absolute atomic E-state index is 0.0281. The van der Waals surface area contributed by atoms with Gasteiger partial charge in [0.1, 0.15) is 12.4 Å². The van der Waals surface area contributed by atoms with E-state index >= 15 is 0 Å². The molecule has 0 aliphatic carbocycles. The number of aliphatic hydroxyl groups excluding tert-OH is 1. The molecule has 2 heterocycles. The average Bonchev–Trinajstić information content (AvgIpc) is 3.33. The van der Waals surface area contributed by atoms with Gasteiger partial charge in [-0.3, -0.25) is 0 Å². The summed E-state index contributed by atoms with van der Waals surface area (Å²) in [5.41, 5.74) is 6.17. The van der Waals surface area contributed by atoms with E-state index in [-0.39, 0.29) is 25.5 Å². The summed E-state index contributed by atoms with van der Waals surface area (Å²) < 4.78 is 22.9. The van der Waals surface area contributed by atoms with Gasteiger partial charge in [-0.15, -0.1) is 0 Å². The molecule has 0 saturated carbocycles. The molecule has 2 N–H and O–H groups in total. The highest BCUT2D eigenvalue weighted by Crippen LogP contribution is 2.38.